The second kappa shape index (κ2) is 12.7. The Morgan fingerprint density at radius 3 is 2.49 bits per heavy atom. The van der Waals surface area contributed by atoms with Gasteiger partial charge < -0.3 is 19.6 Å². The molecule has 2 aromatic carbocycles. The van der Waals surface area contributed by atoms with Crippen LogP contribution in [0.4, 0.5) is 4.79 Å². The molecule has 0 bridgehead atoms. The number of urea groups is 1. The summed E-state index contributed by atoms with van der Waals surface area (Å²) in [5.74, 6) is 0.551. The van der Waals surface area contributed by atoms with Gasteiger partial charge >= 0.3 is 6.03 Å². The highest BCUT2D eigenvalue weighted by Gasteiger charge is 2.63. The monoisotopic (exact) mass is 508 g/mol. The molecule has 2 saturated heterocycles. The summed E-state index contributed by atoms with van der Waals surface area (Å²) in [7, 11) is 0. The highest BCUT2D eigenvalue weighted by atomic mass is 16.7. The molecular formula is C28H36N4O5. The average Bonchev–Trinajstić information content (AvgIpc) is 2.94. The molecule has 37 heavy (non-hydrogen) atoms. The van der Waals surface area contributed by atoms with Crippen LogP contribution >= 0.6 is 0 Å². The second-order valence-corrected chi connectivity index (χ2v) is 9.25. The number of carbonyl (C=O) groups is 2. The predicted octanol–water partition coefficient (Wildman–Crippen LogP) is 3.63. The number of ether oxygens (including phenoxy) is 2. The topological polar surface area (TPSA) is 92.7 Å². The Kier molecular flexibility index (Phi) is 9.14. The van der Waals surface area contributed by atoms with E-state index in [0.29, 0.717) is 26.0 Å². The van der Waals surface area contributed by atoms with Gasteiger partial charge in [-0.25, -0.2) is 9.69 Å². The first-order chi connectivity index (χ1) is 18.1. The molecular weight excluding hydrogens is 472 g/mol. The molecule has 1 N–H and O–H groups in total. The molecule has 1 unspecified atom stereocenters. The van der Waals surface area contributed by atoms with Crippen molar-refractivity contribution in [3.8, 4) is 5.75 Å². The largest absolute Gasteiger partial charge is 0.492 e. The fraction of sp³-hybridized carbons (Fsp3) is 0.464. The fourth-order valence-corrected chi connectivity index (χ4v) is 4.66. The van der Waals surface area contributed by atoms with Crippen LogP contribution < -0.4 is 10.1 Å². The van der Waals surface area contributed by atoms with Crippen LogP contribution in [-0.2, 0) is 20.9 Å². The number of hydrogen-bond acceptors (Lipinski definition) is 7. The van der Waals surface area contributed by atoms with Crippen LogP contribution in [0.15, 0.2) is 59.8 Å². The summed E-state index contributed by atoms with van der Waals surface area (Å²) in [6, 6.07) is 16.6. The smallest absolute Gasteiger partial charge is 0.327 e. The zero-order chi connectivity index (χ0) is 26.1. The number of morpholine rings is 1. The van der Waals surface area contributed by atoms with Gasteiger partial charge in [0.2, 0.25) is 12.1 Å². The lowest BCUT2D eigenvalue weighted by atomic mass is 9.72. The number of benzene rings is 2. The molecule has 3 amide bonds. The van der Waals surface area contributed by atoms with E-state index in [1.54, 1.807) is 6.21 Å². The molecule has 9 nitrogen and oxygen atoms in total. The van der Waals surface area contributed by atoms with Gasteiger partial charge in [0.15, 0.2) is 0 Å². The van der Waals surface area contributed by atoms with Crippen LogP contribution in [0.5, 0.6) is 5.75 Å². The van der Waals surface area contributed by atoms with Crippen LogP contribution in [0.2, 0.25) is 0 Å². The Bertz CT molecular complexity index is 1050. The van der Waals surface area contributed by atoms with Crippen LogP contribution in [0.1, 0.15) is 37.8 Å². The minimum atomic E-state index is -0.764. The van der Waals surface area contributed by atoms with Crippen LogP contribution in [0.25, 0.3) is 0 Å². The van der Waals surface area contributed by atoms with Crippen LogP contribution in [0, 0.1) is 5.41 Å². The van der Waals surface area contributed by atoms with Gasteiger partial charge in [-0.15, -0.1) is 0 Å². The van der Waals surface area contributed by atoms with Crippen molar-refractivity contribution in [2.75, 3.05) is 39.5 Å². The molecule has 2 heterocycles. The summed E-state index contributed by atoms with van der Waals surface area (Å²) in [6.07, 6.45) is 1.93. The molecule has 0 aliphatic carbocycles. The average molecular weight is 509 g/mol. The van der Waals surface area contributed by atoms with Crippen molar-refractivity contribution < 1.29 is 23.9 Å². The number of likely N-dealkylation sites (tertiary alicyclic amines) is 1. The minimum Gasteiger partial charge on any atom is -0.492 e. The molecule has 1 atom stereocenters. The van der Waals surface area contributed by atoms with Crippen molar-refractivity contribution in [2.24, 2.45) is 10.6 Å². The lowest BCUT2D eigenvalue weighted by Crippen LogP contribution is -2.72. The van der Waals surface area contributed by atoms with Gasteiger partial charge in [-0.1, -0.05) is 49.3 Å². The Morgan fingerprint density at radius 1 is 1.11 bits per heavy atom. The molecule has 2 aliphatic heterocycles. The van der Waals surface area contributed by atoms with Gasteiger partial charge in [0.25, 0.3) is 0 Å². The third-order valence-corrected chi connectivity index (χ3v) is 7.14. The van der Waals surface area contributed by atoms with Crippen molar-refractivity contribution >= 4 is 18.2 Å². The van der Waals surface area contributed by atoms with Gasteiger partial charge in [-0.3, -0.25) is 9.69 Å². The first-order valence-corrected chi connectivity index (χ1v) is 12.9. The minimum absolute atomic E-state index is 0.234. The van der Waals surface area contributed by atoms with Gasteiger partial charge in [-0.05, 0) is 48.2 Å². The van der Waals surface area contributed by atoms with Gasteiger partial charge in [0, 0.05) is 26.2 Å². The van der Waals surface area contributed by atoms with Crippen LogP contribution in [-0.4, -0.2) is 73.6 Å². The summed E-state index contributed by atoms with van der Waals surface area (Å²) in [4.78, 5) is 35.0. The maximum absolute atomic E-state index is 13.0. The molecule has 9 heteroatoms. The van der Waals surface area contributed by atoms with E-state index in [2.05, 4.69) is 15.4 Å². The fourth-order valence-electron chi connectivity index (χ4n) is 4.66. The summed E-state index contributed by atoms with van der Waals surface area (Å²) in [5.41, 5.74) is 1.01. The first kappa shape index (κ1) is 26.6. The molecule has 2 aromatic rings. The highest BCUT2D eigenvalue weighted by molar-refractivity contribution is 6.03. The molecule has 0 radical (unpaired) electrons. The van der Waals surface area contributed by atoms with Gasteiger partial charge in [0.05, 0.1) is 19.4 Å². The second-order valence-electron chi connectivity index (χ2n) is 9.25. The molecule has 2 aliphatic rings. The van der Waals surface area contributed by atoms with Crippen molar-refractivity contribution in [1.82, 2.24) is 15.1 Å². The summed E-state index contributed by atoms with van der Waals surface area (Å²) in [5, 5.41) is 6.95. The number of oxime groups is 1. The predicted molar refractivity (Wildman–Crippen MR) is 140 cm³/mol. The Hall–Kier alpha value is -3.43. The third kappa shape index (κ3) is 6.29. The van der Waals surface area contributed by atoms with E-state index in [1.165, 1.54) is 0 Å². The van der Waals surface area contributed by atoms with E-state index in [-0.39, 0.29) is 5.91 Å². The number of nitrogens with one attached hydrogen (secondary N) is 1. The molecule has 0 saturated carbocycles. The van der Waals surface area contributed by atoms with E-state index in [9.17, 15) is 9.59 Å². The number of carbonyl (C=O) groups excluding carboxylic acids is 2. The maximum Gasteiger partial charge on any atom is 0.327 e. The lowest BCUT2D eigenvalue weighted by Gasteiger charge is -2.51. The zero-order valence-corrected chi connectivity index (χ0v) is 21.6. The molecule has 2 fully saturated rings. The molecule has 0 spiro atoms. The number of imide groups is 1. The third-order valence-electron chi connectivity index (χ3n) is 7.14. The zero-order valence-electron chi connectivity index (χ0n) is 21.6. The number of rotatable bonds is 11. The SMILES string of the molecule is CCC1(CC)C(=O)N(C(=O)NCc2ccccc2)C1O/N=C/c1ccc(OCCN2CCOCC2)cc1. The number of nitrogens with zero attached hydrogens (tertiary/aromatic N) is 3. The molecule has 0 aromatic heterocycles. The number of amides is 3. The Labute approximate surface area is 218 Å². The van der Waals surface area contributed by atoms with E-state index in [1.807, 2.05) is 68.4 Å². The van der Waals surface area contributed by atoms with Crippen molar-refractivity contribution in [2.45, 2.75) is 39.5 Å². The first-order valence-electron chi connectivity index (χ1n) is 12.9. The van der Waals surface area contributed by atoms with Crippen molar-refractivity contribution in [1.29, 1.82) is 0 Å². The number of β-lactam (4-membered cyclic amide) rings is 1. The van der Waals surface area contributed by atoms with Crippen molar-refractivity contribution in [3.63, 3.8) is 0 Å². The van der Waals surface area contributed by atoms with Gasteiger partial charge in [0.1, 0.15) is 17.8 Å². The summed E-state index contributed by atoms with van der Waals surface area (Å²) >= 11 is 0. The van der Waals surface area contributed by atoms with E-state index < -0.39 is 17.7 Å². The number of hydrogen-bond donors (Lipinski definition) is 1. The normalized spacial score (nSPS) is 19.5. The van der Waals surface area contributed by atoms with E-state index in [0.717, 1.165) is 54.6 Å². The van der Waals surface area contributed by atoms with Crippen molar-refractivity contribution in [3.05, 3.63) is 65.7 Å². The van der Waals surface area contributed by atoms with Crippen LogP contribution in [0.3, 0.4) is 0 Å². The summed E-state index contributed by atoms with van der Waals surface area (Å²) < 4.78 is 11.2. The Balaban J connectivity index is 1.31. The maximum atomic E-state index is 13.0. The lowest BCUT2D eigenvalue weighted by molar-refractivity contribution is -0.210. The van der Waals surface area contributed by atoms with Gasteiger partial charge in [-0.2, -0.15) is 0 Å². The van der Waals surface area contributed by atoms with E-state index in [4.69, 9.17) is 14.3 Å². The molecule has 198 valence electrons. The molecule has 4 rings (SSSR count). The highest BCUT2D eigenvalue weighted by Crippen LogP contribution is 2.45. The summed E-state index contributed by atoms with van der Waals surface area (Å²) in [6.45, 7) is 9.10. The Morgan fingerprint density at radius 2 is 1.81 bits per heavy atom. The standard InChI is InChI=1S/C28H36N4O5/c1-3-28(4-2)25(33)32(27(34)29-20-22-8-6-5-7-9-22)26(28)37-30-21-23-10-12-24(13-11-23)36-19-16-31-14-17-35-18-15-31/h5-13,21,26H,3-4,14-20H2,1-2H3,(H,29,34)/b30-21+. The quantitative estimate of drug-likeness (QED) is 0.283. The van der Waals surface area contributed by atoms with E-state index >= 15 is 0 Å².